The van der Waals surface area contributed by atoms with E-state index >= 15 is 0 Å². The van der Waals surface area contributed by atoms with Crippen molar-refractivity contribution in [3.05, 3.63) is 35.9 Å². The van der Waals surface area contributed by atoms with E-state index in [1.807, 2.05) is 35.2 Å². The van der Waals surface area contributed by atoms with Gasteiger partial charge in [-0.2, -0.15) is 0 Å². The minimum Gasteiger partial charge on any atom is -0.469 e. The number of aliphatic hydroxyl groups excluding tert-OH is 1. The summed E-state index contributed by atoms with van der Waals surface area (Å²) < 4.78 is 4.70. The maximum atomic E-state index is 11.4. The quantitative estimate of drug-likeness (QED) is 0.794. The van der Waals surface area contributed by atoms with Crippen LogP contribution in [-0.4, -0.2) is 35.9 Å². The fourth-order valence-electron chi connectivity index (χ4n) is 2.21. The lowest BCUT2D eigenvalue weighted by Crippen LogP contribution is -2.29. The van der Waals surface area contributed by atoms with Crippen LogP contribution in [0.3, 0.4) is 0 Å². The minimum absolute atomic E-state index is 0.210. The molecule has 2 unspecified atom stereocenters. The Morgan fingerprint density at radius 1 is 1.47 bits per heavy atom. The Hall–Kier alpha value is -1.39. The largest absolute Gasteiger partial charge is 0.469 e. The summed E-state index contributed by atoms with van der Waals surface area (Å²) in [6.07, 6.45) is -0.0984. The van der Waals surface area contributed by atoms with Crippen molar-refractivity contribution in [2.24, 2.45) is 5.92 Å². The average molecular weight is 235 g/mol. The molecule has 2 atom stereocenters. The molecule has 1 fully saturated rings. The zero-order valence-corrected chi connectivity index (χ0v) is 9.87. The lowest BCUT2D eigenvalue weighted by Gasteiger charge is -2.19. The third-order valence-electron chi connectivity index (χ3n) is 3.13. The predicted octanol–water partition coefficient (Wildman–Crippen LogP) is 1.000. The predicted molar refractivity (Wildman–Crippen MR) is 63.0 cm³/mol. The smallest absolute Gasteiger partial charge is 0.310 e. The molecule has 1 aromatic rings. The Labute approximate surface area is 101 Å². The minimum atomic E-state index is -0.556. The van der Waals surface area contributed by atoms with Gasteiger partial charge in [0.05, 0.1) is 13.0 Å². The molecule has 92 valence electrons. The summed E-state index contributed by atoms with van der Waals surface area (Å²) in [5, 5.41) is 9.88. The van der Waals surface area contributed by atoms with Crippen LogP contribution in [0.1, 0.15) is 12.0 Å². The van der Waals surface area contributed by atoms with Crippen LogP contribution in [-0.2, 0) is 16.1 Å². The molecule has 0 radical (unpaired) electrons. The number of benzene rings is 1. The van der Waals surface area contributed by atoms with Crippen molar-refractivity contribution in [2.75, 3.05) is 13.7 Å². The highest BCUT2D eigenvalue weighted by Gasteiger charge is 2.35. The Kier molecular flexibility index (Phi) is 3.76. The zero-order chi connectivity index (χ0) is 12.3. The lowest BCUT2D eigenvalue weighted by atomic mass is 10.1. The molecule has 0 aliphatic carbocycles. The van der Waals surface area contributed by atoms with Gasteiger partial charge in [-0.25, -0.2) is 0 Å². The molecule has 0 aromatic heterocycles. The number of carbonyl (C=O) groups excluding carboxylic acids is 1. The van der Waals surface area contributed by atoms with E-state index in [9.17, 15) is 9.90 Å². The SMILES string of the molecule is COC(=O)C1CC(O)N(Cc2ccccc2)C1. The van der Waals surface area contributed by atoms with Crippen molar-refractivity contribution in [1.82, 2.24) is 4.90 Å². The third-order valence-corrected chi connectivity index (χ3v) is 3.13. The maximum absolute atomic E-state index is 11.4. The van der Waals surface area contributed by atoms with Crippen molar-refractivity contribution < 1.29 is 14.6 Å². The first-order valence-corrected chi connectivity index (χ1v) is 5.74. The molecule has 1 heterocycles. The van der Waals surface area contributed by atoms with Gasteiger partial charge in [0, 0.05) is 19.5 Å². The van der Waals surface area contributed by atoms with Crippen LogP contribution in [0.15, 0.2) is 30.3 Å². The Morgan fingerprint density at radius 3 is 2.82 bits per heavy atom. The number of ether oxygens (including phenoxy) is 1. The van der Waals surface area contributed by atoms with Crippen molar-refractivity contribution in [1.29, 1.82) is 0 Å². The van der Waals surface area contributed by atoms with Gasteiger partial charge in [-0.15, -0.1) is 0 Å². The number of methoxy groups -OCH3 is 1. The molecule has 1 aliphatic rings. The number of carbonyl (C=O) groups is 1. The van der Waals surface area contributed by atoms with Gasteiger partial charge < -0.3 is 9.84 Å². The highest BCUT2D eigenvalue weighted by Crippen LogP contribution is 2.24. The first-order chi connectivity index (χ1) is 8.20. The summed E-state index contributed by atoms with van der Waals surface area (Å²) in [7, 11) is 1.38. The molecule has 0 bridgehead atoms. The van der Waals surface area contributed by atoms with Crippen LogP contribution in [0.4, 0.5) is 0 Å². The Bertz CT molecular complexity index is 380. The van der Waals surface area contributed by atoms with E-state index in [0.717, 1.165) is 5.56 Å². The van der Waals surface area contributed by atoms with Crippen molar-refractivity contribution in [2.45, 2.75) is 19.2 Å². The summed E-state index contributed by atoms with van der Waals surface area (Å²) >= 11 is 0. The third kappa shape index (κ3) is 2.84. The number of rotatable bonds is 3. The highest BCUT2D eigenvalue weighted by molar-refractivity contribution is 5.72. The molecule has 17 heavy (non-hydrogen) atoms. The molecule has 1 saturated heterocycles. The molecular formula is C13H17NO3. The molecule has 2 rings (SSSR count). The maximum Gasteiger partial charge on any atom is 0.310 e. The molecule has 4 nitrogen and oxygen atoms in total. The summed E-state index contributed by atoms with van der Waals surface area (Å²) in [5.74, 6) is -0.446. The molecule has 4 heteroatoms. The second-order valence-electron chi connectivity index (χ2n) is 4.35. The topological polar surface area (TPSA) is 49.8 Å². The van der Waals surface area contributed by atoms with Gasteiger partial charge in [-0.3, -0.25) is 9.69 Å². The van der Waals surface area contributed by atoms with Crippen molar-refractivity contribution in [3.8, 4) is 0 Å². The van der Waals surface area contributed by atoms with Gasteiger partial charge in [-0.1, -0.05) is 30.3 Å². The first-order valence-electron chi connectivity index (χ1n) is 5.74. The number of likely N-dealkylation sites (tertiary alicyclic amines) is 1. The molecule has 0 spiro atoms. The fraction of sp³-hybridized carbons (Fsp3) is 0.462. The average Bonchev–Trinajstić information content (AvgIpc) is 2.71. The normalized spacial score (nSPS) is 24.8. The molecule has 1 aliphatic heterocycles. The Morgan fingerprint density at radius 2 is 2.18 bits per heavy atom. The molecule has 1 N–H and O–H groups in total. The summed E-state index contributed by atoms with van der Waals surface area (Å²) in [6, 6.07) is 9.92. The Balaban J connectivity index is 1.97. The van der Waals surface area contributed by atoms with Crippen LogP contribution in [0.5, 0.6) is 0 Å². The molecule has 1 aromatic carbocycles. The van der Waals surface area contributed by atoms with Crippen LogP contribution in [0, 0.1) is 5.92 Å². The van der Waals surface area contributed by atoms with E-state index in [1.54, 1.807) is 0 Å². The van der Waals surface area contributed by atoms with Crippen LogP contribution in [0.2, 0.25) is 0 Å². The number of aliphatic hydroxyl groups is 1. The standard InChI is InChI=1S/C13H17NO3/c1-17-13(16)11-7-12(15)14(9-11)8-10-5-3-2-4-6-10/h2-6,11-12,15H,7-9H2,1H3. The number of esters is 1. The van der Waals surface area contributed by atoms with Crippen molar-refractivity contribution >= 4 is 5.97 Å². The van der Waals surface area contributed by atoms with Crippen LogP contribution in [0.25, 0.3) is 0 Å². The van der Waals surface area contributed by atoms with E-state index in [0.29, 0.717) is 19.5 Å². The monoisotopic (exact) mass is 235 g/mol. The van der Waals surface area contributed by atoms with Gasteiger partial charge in [0.15, 0.2) is 0 Å². The summed E-state index contributed by atoms with van der Waals surface area (Å²) in [4.78, 5) is 13.3. The second-order valence-corrected chi connectivity index (χ2v) is 4.35. The summed E-state index contributed by atoms with van der Waals surface area (Å²) in [6.45, 7) is 1.22. The van der Waals surface area contributed by atoms with E-state index < -0.39 is 6.23 Å². The van der Waals surface area contributed by atoms with Gasteiger partial charge in [0.2, 0.25) is 0 Å². The van der Waals surface area contributed by atoms with E-state index in [-0.39, 0.29) is 11.9 Å². The van der Waals surface area contributed by atoms with Gasteiger partial charge >= 0.3 is 5.97 Å². The number of hydrogen-bond donors (Lipinski definition) is 1. The molecule has 0 saturated carbocycles. The van der Waals surface area contributed by atoms with E-state index in [2.05, 4.69) is 0 Å². The zero-order valence-electron chi connectivity index (χ0n) is 9.87. The van der Waals surface area contributed by atoms with Gasteiger partial charge in [-0.05, 0) is 5.56 Å². The van der Waals surface area contributed by atoms with Gasteiger partial charge in [0.25, 0.3) is 0 Å². The number of hydrogen-bond acceptors (Lipinski definition) is 4. The second kappa shape index (κ2) is 5.29. The lowest BCUT2D eigenvalue weighted by molar-refractivity contribution is -0.145. The first kappa shape index (κ1) is 12.1. The van der Waals surface area contributed by atoms with Crippen LogP contribution < -0.4 is 0 Å². The van der Waals surface area contributed by atoms with Crippen LogP contribution >= 0.6 is 0 Å². The van der Waals surface area contributed by atoms with E-state index in [1.165, 1.54) is 7.11 Å². The molecule has 0 amide bonds. The highest BCUT2D eigenvalue weighted by atomic mass is 16.5. The van der Waals surface area contributed by atoms with Gasteiger partial charge in [0.1, 0.15) is 6.23 Å². The fourth-order valence-corrected chi connectivity index (χ4v) is 2.21. The number of nitrogens with zero attached hydrogens (tertiary/aromatic N) is 1. The van der Waals surface area contributed by atoms with Crippen molar-refractivity contribution in [3.63, 3.8) is 0 Å². The summed E-state index contributed by atoms with van der Waals surface area (Å²) in [5.41, 5.74) is 1.14. The molecular weight excluding hydrogens is 218 g/mol. The van der Waals surface area contributed by atoms with E-state index in [4.69, 9.17) is 4.74 Å².